The lowest BCUT2D eigenvalue weighted by Crippen LogP contribution is -2.43. The molecule has 0 saturated carbocycles. The SMILES string of the molecule is CCOC(=O)C1CC(c2ccc(C)cc2C)CCN1. The van der Waals surface area contributed by atoms with Gasteiger partial charge in [-0.15, -0.1) is 0 Å². The van der Waals surface area contributed by atoms with Gasteiger partial charge in [-0.1, -0.05) is 23.8 Å². The first kappa shape index (κ1) is 14.1. The van der Waals surface area contributed by atoms with E-state index in [0.717, 1.165) is 19.4 Å². The van der Waals surface area contributed by atoms with Crippen molar-refractivity contribution in [3.05, 3.63) is 34.9 Å². The van der Waals surface area contributed by atoms with E-state index in [1.54, 1.807) is 0 Å². The van der Waals surface area contributed by atoms with Crippen LogP contribution in [-0.4, -0.2) is 25.2 Å². The number of carbonyl (C=O) groups excluding carboxylic acids is 1. The molecular weight excluding hydrogens is 238 g/mol. The maximum atomic E-state index is 11.8. The van der Waals surface area contributed by atoms with Crippen LogP contribution in [-0.2, 0) is 9.53 Å². The van der Waals surface area contributed by atoms with Crippen molar-refractivity contribution in [3.8, 4) is 0 Å². The standard InChI is InChI=1S/C16H23NO2/c1-4-19-16(18)15-10-13(7-8-17-15)14-6-5-11(2)9-12(14)3/h5-6,9,13,15,17H,4,7-8,10H2,1-3H3. The molecule has 1 heterocycles. The Balaban J connectivity index is 2.10. The zero-order chi connectivity index (χ0) is 13.8. The second-order valence-corrected chi connectivity index (χ2v) is 5.34. The molecule has 0 aromatic heterocycles. The van der Waals surface area contributed by atoms with Crippen LogP contribution >= 0.6 is 0 Å². The molecule has 1 aromatic carbocycles. The summed E-state index contributed by atoms with van der Waals surface area (Å²) in [6.45, 7) is 7.44. The molecule has 1 aromatic rings. The van der Waals surface area contributed by atoms with Crippen molar-refractivity contribution in [2.75, 3.05) is 13.2 Å². The molecule has 0 bridgehead atoms. The molecule has 1 aliphatic heterocycles. The fraction of sp³-hybridized carbons (Fsp3) is 0.562. The predicted octanol–water partition coefficient (Wildman–Crippen LogP) is 2.70. The highest BCUT2D eigenvalue weighted by Gasteiger charge is 2.29. The molecule has 104 valence electrons. The van der Waals surface area contributed by atoms with Crippen molar-refractivity contribution < 1.29 is 9.53 Å². The molecule has 2 rings (SSSR count). The molecular formula is C16H23NO2. The van der Waals surface area contributed by atoms with Gasteiger partial charge >= 0.3 is 5.97 Å². The number of nitrogens with one attached hydrogen (secondary N) is 1. The Kier molecular flexibility index (Phi) is 4.59. The van der Waals surface area contributed by atoms with Gasteiger partial charge in [-0.25, -0.2) is 0 Å². The van der Waals surface area contributed by atoms with Gasteiger partial charge in [0.05, 0.1) is 6.61 Å². The quantitative estimate of drug-likeness (QED) is 0.850. The summed E-state index contributed by atoms with van der Waals surface area (Å²) < 4.78 is 5.11. The van der Waals surface area contributed by atoms with E-state index < -0.39 is 0 Å². The lowest BCUT2D eigenvalue weighted by atomic mass is 9.84. The Hall–Kier alpha value is -1.35. The predicted molar refractivity (Wildman–Crippen MR) is 76.3 cm³/mol. The number of hydrogen-bond donors (Lipinski definition) is 1. The van der Waals surface area contributed by atoms with Crippen molar-refractivity contribution in [3.63, 3.8) is 0 Å². The van der Waals surface area contributed by atoms with Crippen molar-refractivity contribution in [1.82, 2.24) is 5.32 Å². The summed E-state index contributed by atoms with van der Waals surface area (Å²) in [5.41, 5.74) is 3.99. The van der Waals surface area contributed by atoms with Gasteiger partial charge in [0.2, 0.25) is 0 Å². The van der Waals surface area contributed by atoms with Crippen LogP contribution in [0.5, 0.6) is 0 Å². The smallest absolute Gasteiger partial charge is 0.323 e. The van der Waals surface area contributed by atoms with E-state index in [2.05, 4.69) is 37.4 Å². The zero-order valence-corrected chi connectivity index (χ0v) is 12.0. The molecule has 19 heavy (non-hydrogen) atoms. The van der Waals surface area contributed by atoms with Crippen molar-refractivity contribution in [1.29, 1.82) is 0 Å². The Morgan fingerprint density at radius 2 is 2.21 bits per heavy atom. The summed E-state index contributed by atoms with van der Waals surface area (Å²) in [4.78, 5) is 11.8. The monoisotopic (exact) mass is 261 g/mol. The number of rotatable bonds is 3. The van der Waals surface area contributed by atoms with Crippen LogP contribution in [0.4, 0.5) is 0 Å². The molecule has 0 aliphatic carbocycles. The molecule has 0 spiro atoms. The van der Waals surface area contributed by atoms with Crippen LogP contribution in [0.15, 0.2) is 18.2 Å². The molecule has 3 heteroatoms. The Morgan fingerprint density at radius 1 is 1.42 bits per heavy atom. The third-order valence-electron chi connectivity index (χ3n) is 3.84. The summed E-state index contributed by atoms with van der Waals surface area (Å²) in [5, 5.41) is 3.26. The Labute approximate surface area is 115 Å². The second kappa shape index (κ2) is 6.20. The number of benzene rings is 1. The van der Waals surface area contributed by atoms with E-state index in [1.807, 2.05) is 6.92 Å². The van der Waals surface area contributed by atoms with Crippen LogP contribution in [0.3, 0.4) is 0 Å². The fourth-order valence-corrected chi connectivity index (χ4v) is 2.91. The van der Waals surface area contributed by atoms with Gasteiger partial charge in [0, 0.05) is 0 Å². The normalized spacial score (nSPS) is 23.1. The highest BCUT2D eigenvalue weighted by Crippen LogP contribution is 2.30. The van der Waals surface area contributed by atoms with Gasteiger partial charge in [0.1, 0.15) is 6.04 Å². The van der Waals surface area contributed by atoms with E-state index in [-0.39, 0.29) is 12.0 Å². The van der Waals surface area contributed by atoms with Crippen LogP contribution in [0, 0.1) is 13.8 Å². The summed E-state index contributed by atoms with van der Waals surface area (Å²) in [6, 6.07) is 6.43. The van der Waals surface area contributed by atoms with Crippen LogP contribution < -0.4 is 5.32 Å². The molecule has 0 amide bonds. The number of hydrogen-bond acceptors (Lipinski definition) is 3. The minimum absolute atomic E-state index is 0.114. The molecule has 0 radical (unpaired) electrons. The number of aryl methyl sites for hydroxylation is 2. The number of ether oxygens (including phenoxy) is 1. The van der Waals surface area contributed by atoms with Gasteiger partial charge in [0.25, 0.3) is 0 Å². The minimum atomic E-state index is -0.153. The van der Waals surface area contributed by atoms with Crippen molar-refractivity contribution >= 4 is 5.97 Å². The van der Waals surface area contributed by atoms with Gasteiger partial charge in [-0.05, 0) is 57.2 Å². The Bertz CT molecular complexity index is 456. The highest BCUT2D eigenvalue weighted by atomic mass is 16.5. The van der Waals surface area contributed by atoms with E-state index in [9.17, 15) is 4.79 Å². The topological polar surface area (TPSA) is 38.3 Å². The van der Waals surface area contributed by atoms with Gasteiger partial charge < -0.3 is 10.1 Å². The lowest BCUT2D eigenvalue weighted by molar-refractivity contribution is -0.146. The number of esters is 1. The zero-order valence-electron chi connectivity index (χ0n) is 12.0. The molecule has 2 unspecified atom stereocenters. The van der Waals surface area contributed by atoms with Crippen molar-refractivity contribution in [2.45, 2.75) is 45.6 Å². The van der Waals surface area contributed by atoms with Crippen LogP contribution in [0.25, 0.3) is 0 Å². The molecule has 1 saturated heterocycles. The number of piperidine rings is 1. The first-order valence-electron chi connectivity index (χ1n) is 7.09. The summed E-state index contributed by atoms with van der Waals surface area (Å²) >= 11 is 0. The third-order valence-corrected chi connectivity index (χ3v) is 3.84. The fourth-order valence-electron chi connectivity index (χ4n) is 2.91. The van der Waals surface area contributed by atoms with E-state index in [1.165, 1.54) is 16.7 Å². The van der Waals surface area contributed by atoms with E-state index >= 15 is 0 Å². The van der Waals surface area contributed by atoms with Gasteiger partial charge in [-0.2, -0.15) is 0 Å². The maximum Gasteiger partial charge on any atom is 0.323 e. The average molecular weight is 261 g/mol. The highest BCUT2D eigenvalue weighted by molar-refractivity contribution is 5.76. The van der Waals surface area contributed by atoms with Gasteiger partial charge in [-0.3, -0.25) is 4.79 Å². The van der Waals surface area contributed by atoms with E-state index in [0.29, 0.717) is 12.5 Å². The first-order chi connectivity index (χ1) is 9.11. The van der Waals surface area contributed by atoms with Crippen LogP contribution in [0.1, 0.15) is 42.4 Å². The summed E-state index contributed by atoms with van der Waals surface area (Å²) in [6.07, 6.45) is 1.92. The summed E-state index contributed by atoms with van der Waals surface area (Å²) in [5.74, 6) is 0.341. The second-order valence-electron chi connectivity index (χ2n) is 5.34. The molecule has 2 atom stereocenters. The summed E-state index contributed by atoms with van der Waals surface area (Å²) in [7, 11) is 0. The molecule has 1 fully saturated rings. The van der Waals surface area contributed by atoms with Gasteiger partial charge in [0.15, 0.2) is 0 Å². The lowest BCUT2D eigenvalue weighted by Gasteiger charge is -2.30. The molecule has 1 aliphatic rings. The number of carbonyl (C=O) groups is 1. The largest absolute Gasteiger partial charge is 0.465 e. The Morgan fingerprint density at radius 3 is 2.89 bits per heavy atom. The molecule has 3 nitrogen and oxygen atoms in total. The third kappa shape index (κ3) is 3.35. The first-order valence-corrected chi connectivity index (χ1v) is 7.09. The minimum Gasteiger partial charge on any atom is -0.465 e. The van der Waals surface area contributed by atoms with E-state index in [4.69, 9.17) is 4.74 Å². The van der Waals surface area contributed by atoms with Crippen LogP contribution in [0.2, 0.25) is 0 Å². The molecule has 1 N–H and O–H groups in total. The average Bonchev–Trinajstić information content (AvgIpc) is 2.39. The van der Waals surface area contributed by atoms with Crippen molar-refractivity contribution in [2.24, 2.45) is 0 Å². The maximum absolute atomic E-state index is 11.8.